The molecule has 0 bridgehead atoms. The molecule has 1 aliphatic rings. The topological polar surface area (TPSA) is 63.8 Å². The van der Waals surface area contributed by atoms with Gasteiger partial charge in [0.25, 0.3) is 5.56 Å². The molecule has 0 spiro atoms. The Bertz CT molecular complexity index is 355. The van der Waals surface area contributed by atoms with Gasteiger partial charge in [-0.15, -0.1) is 0 Å². The third kappa shape index (κ3) is 1.53. The van der Waals surface area contributed by atoms with Crippen LogP contribution < -0.4 is 11.3 Å². The number of aromatic nitrogens is 2. The minimum absolute atomic E-state index is 0.126. The molecule has 1 aromatic heterocycles. The molecule has 0 amide bonds. The highest BCUT2D eigenvalue weighted by molar-refractivity contribution is 7.98. The van der Waals surface area contributed by atoms with E-state index in [0.29, 0.717) is 13.1 Å². The summed E-state index contributed by atoms with van der Waals surface area (Å²) in [5.74, 6) is 1.99. The van der Waals surface area contributed by atoms with E-state index >= 15 is 0 Å². The highest BCUT2D eigenvalue weighted by atomic mass is 32.2. The predicted molar refractivity (Wildman–Crippen MR) is 54.0 cm³/mol. The van der Waals surface area contributed by atoms with Gasteiger partial charge in [-0.2, -0.15) is 11.8 Å². The second-order valence-corrected chi connectivity index (χ2v) is 4.22. The Morgan fingerprint density at radius 2 is 2.46 bits per heavy atom. The lowest BCUT2D eigenvalue weighted by atomic mass is 10.2. The second-order valence-electron chi connectivity index (χ2n) is 3.12. The van der Waals surface area contributed by atoms with Crippen molar-refractivity contribution in [3.05, 3.63) is 21.6 Å². The molecular weight excluding hydrogens is 186 g/mol. The van der Waals surface area contributed by atoms with Crippen molar-refractivity contribution in [1.29, 1.82) is 0 Å². The summed E-state index contributed by atoms with van der Waals surface area (Å²) in [7, 11) is 0. The smallest absolute Gasteiger partial charge is 0.270 e. The third-order valence-electron chi connectivity index (χ3n) is 2.23. The molecule has 4 nitrogen and oxygen atoms in total. The molecule has 0 unspecified atom stereocenters. The molecule has 1 aliphatic heterocycles. The van der Waals surface area contributed by atoms with Gasteiger partial charge < -0.3 is 5.73 Å². The van der Waals surface area contributed by atoms with Gasteiger partial charge in [0.05, 0.1) is 12.2 Å². The van der Waals surface area contributed by atoms with Crippen LogP contribution in [0.15, 0.2) is 4.79 Å². The van der Waals surface area contributed by atoms with E-state index in [0.717, 1.165) is 29.2 Å². The minimum Gasteiger partial charge on any atom is -0.329 e. The molecule has 0 aromatic carbocycles. The van der Waals surface area contributed by atoms with Gasteiger partial charge >= 0.3 is 0 Å². The van der Waals surface area contributed by atoms with Crippen LogP contribution in [0.3, 0.4) is 0 Å². The molecule has 72 valence electrons. The highest BCUT2D eigenvalue weighted by Gasteiger charge is 2.16. The first-order valence-electron chi connectivity index (χ1n) is 4.41. The fraction of sp³-hybridized carbons (Fsp3) is 0.625. The van der Waals surface area contributed by atoms with Crippen LogP contribution in [0.1, 0.15) is 11.3 Å². The predicted octanol–water partition coefficient (Wildman–Crippen LogP) is -0.0756. The summed E-state index contributed by atoms with van der Waals surface area (Å²) in [4.78, 5) is 11.7. The lowest BCUT2D eigenvalue weighted by Crippen LogP contribution is -2.23. The summed E-state index contributed by atoms with van der Waals surface area (Å²) in [6.45, 7) is 1.10. The third-order valence-corrected chi connectivity index (χ3v) is 3.22. The van der Waals surface area contributed by atoms with Gasteiger partial charge in [0.15, 0.2) is 0 Å². The fourth-order valence-electron chi connectivity index (χ4n) is 1.59. The highest BCUT2D eigenvalue weighted by Crippen LogP contribution is 2.20. The molecule has 0 atom stereocenters. The lowest BCUT2D eigenvalue weighted by molar-refractivity contribution is 0.601. The first-order chi connectivity index (χ1) is 6.33. The largest absolute Gasteiger partial charge is 0.329 e. The van der Waals surface area contributed by atoms with Crippen molar-refractivity contribution in [1.82, 2.24) is 9.78 Å². The van der Waals surface area contributed by atoms with Crippen LogP contribution >= 0.6 is 11.8 Å². The van der Waals surface area contributed by atoms with E-state index in [1.54, 1.807) is 4.68 Å². The number of nitrogens with two attached hydrogens (primary N) is 1. The first-order valence-corrected chi connectivity index (χ1v) is 5.56. The molecule has 0 saturated heterocycles. The van der Waals surface area contributed by atoms with E-state index in [2.05, 4.69) is 5.10 Å². The van der Waals surface area contributed by atoms with E-state index in [4.69, 9.17) is 5.73 Å². The molecular formula is C8H13N3OS. The number of nitrogens with zero attached hydrogens (tertiary/aromatic N) is 1. The molecule has 0 radical (unpaired) electrons. The quantitative estimate of drug-likeness (QED) is 0.700. The number of fused-ring (bicyclic) bond motifs is 1. The monoisotopic (exact) mass is 199 g/mol. The Balaban J connectivity index is 2.39. The molecule has 2 rings (SSSR count). The van der Waals surface area contributed by atoms with Crippen LogP contribution in [0.25, 0.3) is 0 Å². The maximum absolute atomic E-state index is 11.7. The molecule has 0 saturated carbocycles. The summed E-state index contributed by atoms with van der Waals surface area (Å²) < 4.78 is 1.62. The van der Waals surface area contributed by atoms with E-state index < -0.39 is 0 Å². The van der Waals surface area contributed by atoms with Crippen LogP contribution in [0.4, 0.5) is 0 Å². The Morgan fingerprint density at radius 3 is 3.15 bits per heavy atom. The van der Waals surface area contributed by atoms with E-state index in [9.17, 15) is 4.79 Å². The van der Waals surface area contributed by atoms with Gasteiger partial charge in [-0.25, -0.2) is 0 Å². The number of thioether (sulfide) groups is 1. The van der Waals surface area contributed by atoms with Crippen molar-refractivity contribution in [2.45, 2.75) is 18.7 Å². The van der Waals surface area contributed by atoms with Crippen LogP contribution in [0.2, 0.25) is 0 Å². The van der Waals surface area contributed by atoms with Crippen molar-refractivity contribution >= 4 is 11.8 Å². The van der Waals surface area contributed by atoms with Crippen molar-refractivity contribution in [3.8, 4) is 0 Å². The second kappa shape index (κ2) is 3.59. The van der Waals surface area contributed by atoms with Gasteiger partial charge in [0.2, 0.25) is 0 Å². The average Bonchev–Trinajstić information content (AvgIpc) is 2.46. The number of aromatic amines is 1. The Morgan fingerprint density at radius 1 is 1.62 bits per heavy atom. The Kier molecular flexibility index (Phi) is 2.46. The normalized spacial score (nSPS) is 15.8. The number of nitrogens with one attached hydrogen (secondary N) is 1. The summed E-state index contributed by atoms with van der Waals surface area (Å²) in [6.07, 6.45) is 0.896. The zero-order chi connectivity index (χ0) is 9.26. The van der Waals surface area contributed by atoms with E-state index in [-0.39, 0.29) is 5.56 Å². The summed E-state index contributed by atoms with van der Waals surface area (Å²) in [5.41, 5.74) is 7.59. The van der Waals surface area contributed by atoms with Gasteiger partial charge in [0, 0.05) is 17.9 Å². The van der Waals surface area contributed by atoms with Crippen molar-refractivity contribution < 1.29 is 0 Å². The SMILES string of the molecule is NCCn1[nH]c2c(c1=O)CCSC2. The van der Waals surface area contributed by atoms with Gasteiger partial charge in [-0.3, -0.25) is 14.6 Å². The Hall–Kier alpha value is -0.680. The summed E-state index contributed by atoms with van der Waals surface area (Å²) in [6, 6.07) is 0. The van der Waals surface area contributed by atoms with Crippen molar-refractivity contribution in [2.24, 2.45) is 5.73 Å². The van der Waals surface area contributed by atoms with Gasteiger partial charge in [-0.1, -0.05) is 0 Å². The molecule has 0 fully saturated rings. The number of hydrogen-bond donors (Lipinski definition) is 2. The maximum Gasteiger partial charge on any atom is 0.270 e. The molecule has 2 heterocycles. The minimum atomic E-state index is 0.126. The lowest BCUT2D eigenvalue weighted by Gasteiger charge is -2.07. The first kappa shape index (κ1) is 8.90. The van der Waals surface area contributed by atoms with Crippen LogP contribution in [0, 0.1) is 0 Å². The van der Waals surface area contributed by atoms with E-state index in [1.807, 2.05) is 11.8 Å². The van der Waals surface area contributed by atoms with Crippen LogP contribution in [0.5, 0.6) is 0 Å². The standard InChI is InChI=1S/C8H13N3OS/c9-2-3-11-8(12)6-1-4-13-5-7(6)10-11/h10H,1-5,9H2. The number of rotatable bonds is 2. The average molecular weight is 199 g/mol. The molecule has 0 aliphatic carbocycles. The van der Waals surface area contributed by atoms with Gasteiger partial charge in [-0.05, 0) is 12.2 Å². The van der Waals surface area contributed by atoms with Crippen molar-refractivity contribution in [2.75, 3.05) is 12.3 Å². The summed E-state index contributed by atoms with van der Waals surface area (Å²) in [5, 5.41) is 3.11. The summed E-state index contributed by atoms with van der Waals surface area (Å²) >= 11 is 1.86. The van der Waals surface area contributed by atoms with E-state index in [1.165, 1.54) is 0 Å². The molecule has 5 heteroatoms. The Labute approximate surface area is 80.5 Å². The number of H-pyrrole nitrogens is 1. The molecule has 3 N–H and O–H groups in total. The number of hydrogen-bond acceptors (Lipinski definition) is 3. The van der Waals surface area contributed by atoms with Crippen LogP contribution in [-0.2, 0) is 18.7 Å². The molecule has 1 aromatic rings. The van der Waals surface area contributed by atoms with Gasteiger partial charge in [0.1, 0.15) is 0 Å². The van der Waals surface area contributed by atoms with Crippen LogP contribution in [-0.4, -0.2) is 22.1 Å². The maximum atomic E-state index is 11.7. The zero-order valence-electron chi connectivity index (χ0n) is 7.38. The molecule has 13 heavy (non-hydrogen) atoms. The van der Waals surface area contributed by atoms with Crippen molar-refractivity contribution in [3.63, 3.8) is 0 Å². The fourth-order valence-corrected chi connectivity index (χ4v) is 2.52. The zero-order valence-corrected chi connectivity index (χ0v) is 8.19.